The second-order valence-electron chi connectivity index (χ2n) is 9.82. The molecule has 1 amide bonds. The molecule has 0 bridgehead atoms. The number of aryl methyl sites for hydroxylation is 1. The van der Waals surface area contributed by atoms with Crippen molar-refractivity contribution < 1.29 is 29.3 Å². The van der Waals surface area contributed by atoms with Crippen LogP contribution in [0, 0.1) is 12.7 Å². The van der Waals surface area contributed by atoms with E-state index >= 15 is 0 Å². The van der Waals surface area contributed by atoms with Crippen LogP contribution in [-0.2, 0) is 11.2 Å². The van der Waals surface area contributed by atoms with Crippen molar-refractivity contribution in [3.63, 3.8) is 0 Å². The zero-order valence-corrected chi connectivity index (χ0v) is 22.3. The Morgan fingerprint density at radius 3 is 2.21 bits per heavy atom. The smallest absolute Gasteiger partial charge is 0.305 e. The van der Waals surface area contributed by atoms with E-state index in [1.165, 1.54) is 12.1 Å². The highest BCUT2D eigenvalue weighted by Gasteiger charge is 2.29. The second-order valence-corrected chi connectivity index (χ2v) is 9.82. The van der Waals surface area contributed by atoms with E-state index in [-0.39, 0.29) is 30.4 Å². The molecule has 3 rings (SSSR count). The first kappa shape index (κ1) is 29.0. The van der Waals surface area contributed by atoms with E-state index < -0.39 is 30.4 Å². The normalized spacial score (nSPS) is 12.9. The molecule has 1 heterocycles. The summed E-state index contributed by atoms with van der Waals surface area (Å²) in [5.41, 5.74) is 4.10. The van der Waals surface area contributed by atoms with Gasteiger partial charge in [0.1, 0.15) is 5.82 Å². The summed E-state index contributed by atoms with van der Waals surface area (Å²) in [5.74, 6) is -1.90. The molecule has 2 unspecified atom stereocenters. The number of carbonyl (C=O) groups excluding carboxylic acids is 1. The fraction of sp³-hybridized carbons (Fsp3) is 0.414. The summed E-state index contributed by atoms with van der Waals surface area (Å²) >= 11 is 0. The van der Waals surface area contributed by atoms with Gasteiger partial charge in [-0.25, -0.2) is 9.07 Å². The van der Waals surface area contributed by atoms with Crippen LogP contribution in [0.3, 0.4) is 0 Å². The van der Waals surface area contributed by atoms with E-state index in [1.807, 2.05) is 52.0 Å². The van der Waals surface area contributed by atoms with Gasteiger partial charge in [0.15, 0.2) is 5.69 Å². The molecule has 0 spiro atoms. The molecule has 0 aliphatic carbocycles. The number of hydrogen-bond donors (Lipinski definition) is 3. The second kappa shape index (κ2) is 12.8. The maximum absolute atomic E-state index is 13.9. The van der Waals surface area contributed by atoms with Crippen molar-refractivity contribution in [3.05, 3.63) is 76.9 Å². The lowest BCUT2D eigenvalue weighted by atomic mass is 9.95. The Hall–Kier alpha value is -3.56. The number of rotatable bonds is 12. The van der Waals surface area contributed by atoms with Gasteiger partial charge in [0.2, 0.25) is 0 Å². The zero-order chi connectivity index (χ0) is 28.0. The summed E-state index contributed by atoms with van der Waals surface area (Å²) < 4.78 is 15.3. The molecule has 8 nitrogen and oxygen atoms in total. The van der Waals surface area contributed by atoms with E-state index in [2.05, 4.69) is 0 Å². The van der Waals surface area contributed by atoms with Crippen molar-refractivity contribution in [1.82, 2.24) is 9.78 Å². The quantitative estimate of drug-likeness (QED) is 0.318. The summed E-state index contributed by atoms with van der Waals surface area (Å²) in [4.78, 5) is 26.4. The molecule has 3 N–H and O–H groups in total. The third-order valence-electron chi connectivity index (χ3n) is 6.45. The van der Waals surface area contributed by atoms with Crippen LogP contribution in [0.25, 0.3) is 5.69 Å². The van der Waals surface area contributed by atoms with Crippen LogP contribution in [0.5, 0.6) is 0 Å². The first-order valence-corrected chi connectivity index (χ1v) is 12.9. The average molecular weight is 526 g/mol. The molecule has 1 aromatic heterocycles. The fourth-order valence-electron chi connectivity index (χ4n) is 4.58. The predicted octanol–water partition coefficient (Wildman–Crippen LogP) is 4.63. The minimum Gasteiger partial charge on any atom is -0.481 e. The van der Waals surface area contributed by atoms with Crippen LogP contribution in [0.15, 0.2) is 48.5 Å². The highest BCUT2D eigenvalue weighted by molar-refractivity contribution is 6.06. The molecule has 0 radical (unpaired) electrons. The van der Waals surface area contributed by atoms with Crippen LogP contribution in [0.2, 0.25) is 0 Å². The molecular weight excluding hydrogens is 489 g/mol. The third-order valence-corrected chi connectivity index (χ3v) is 6.45. The Labute approximate surface area is 222 Å². The Balaban J connectivity index is 2.03. The Morgan fingerprint density at radius 1 is 1.03 bits per heavy atom. The van der Waals surface area contributed by atoms with Crippen LogP contribution in [0.4, 0.5) is 10.1 Å². The average Bonchev–Trinajstić information content (AvgIpc) is 3.24. The number of hydrogen-bond acceptors (Lipinski definition) is 5. The van der Waals surface area contributed by atoms with E-state index in [1.54, 1.807) is 21.7 Å². The summed E-state index contributed by atoms with van der Waals surface area (Å²) in [6.07, 6.45) is -2.14. The number of carboxylic acid groups (broad SMARTS) is 1. The molecule has 0 fully saturated rings. The van der Waals surface area contributed by atoms with Gasteiger partial charge < -0.3 is 20.2 Å². The highest BCUT2D eigenvalue weighted by atomic mass is 19.1. The highest BCUT2D eigenvalue weighted by Crippen LogP contribution is 2.30. The lowest BCUT2D eigenvalue weighted by Crippen LogP contribution is -2.32. The summed E-state index contributed by atoms with van der Waals surface area (Å²) in [6, 6.07) is 13.5. The van der Waals surface area contributed by atoms with Gasteiger partial charge in [-0.3, -0.25) is 9.59 Å². The molecule has 0 saturated carbocycles. The van der Waals surface area contributed by atoms with Crippen LogP contribution < -0.4 is 4.90 Å². The molecule has 9 heteroatoms. The van der Waals surface area contributed by atoms with E-state index in [0.717, 1.165) is 16.8 Å². The number of halogens is 1. The number of amides is 1. The minimum atomic E-state index is -1.17. The van der Waals surface area contributed by atoms with Crippen LogP contribution in [0.1, 0.15) is 73.3 Å². The summed E-state index contributed by atoms with van der Waals surface area (Å²) in [7, 11) is 0. The van der Waals surface area contributed by atoms with Crippen molar-refractivity contribution in [2.75, 3.05) is 11.4 Å². The number of aliphatic carboxylic acids is 1. The third kappa shape index (κ3) is 7.05. The number of benzene rings is 2. The molecule has 3 aromatic rings. The largest absolute Gasteiger partial charge is 0.481 e. The number of carbonyl (C=O) groups is 2. The monoisotopic (exact) mass is 525 g/mol. The van der Waals surface area contributed by atoms with Crippen molar-refractivity contribution in [3.8, 4) is 5.69 Å². The Bertz CT molecular complexity index is 1240. The van der Waals surface area contributed by atoms with E-state index in [4.69, 9.17) is 10.2 Å². The zero-order valence-electron chi connectivity index (χ0n) is 22.3. The number of aliphatic hydroxyl groups excluding tert-OH is 2. The van der Waals surface area contributed by atoms with Gasteiger partial charge >= 0.3 is 5.97 Å². The number of aromatic nitrogens is 2. The molecule has 0 aliphatic heterocycles. The molecule has 0 saturated heterocycles. The number of aliphatic hydroxyl groups is 2. The first-order valence-electron chi connectivity index (χ1n) is 12.9. The molecular formula is C29H36FN3O5. The van der Waals surface area contributed by atoms with Crippen LogP contribution >= 0.6 is 0 Å². The van der Waals surface area contributed by atoms with Gasteiger partial charge in [-0.05, 0) is 75.4 Å². The standard InChI is InChI=1S/C29H36FN3O5/c1-5-32(21-10-6-19(4)7-11-21)29(38)28-27(18(2)3)25(15-14-23(34)16-24(35)17-26(36)37)33(31-28)22-12-8-20(30)9-13-22/h6-13,18,23-24,34-35H,5,14-17H2,1-4H3,(H,36,37). The van der Waals surface area contributed by atoms with Gasteiger partial charge in [-0.15, -0.1) is 0 Å². The van der Waals surface area contributed by atoms with Crippen molar-refractivity contribution >= 4 is 17.6 Å². The van der Waals surface area contributed by atoms with Crippen molar-refractivity contribution in [2.45, 2.75) is 71.5 Å². The topological polar surface area (TPSA) is 116 Å². The van der Waals surface area contributed by atoms with Gasteiger partial charge in [-0.1, -0.05) is 31.5 Å². The number of carboxylic acids is 1. The molecule has 204 valence electrons. The van der Waals surface area contributed by atoms with Crippen molar-refractivity contribution in [2.24, 2.45) is 0 Å². The molecule has 38 heavy (non-hydrogen) atoms. The Morgan fingerprint density at radius 2 is 1.66 bits per heavy atom. The van der Waals surface area contributed by atoms with E-state index in [0.29, 0.717) is 24.3 Å². The molecule has 0 aliphatic rings. The first-order chi connectivity index (χ1) is 18.0. The Kier molecular flexibility index (Phi) is 9.77. The lowest BCUT2D eigenvalue weighted by Gasteiger charge is -2.21. The van der Waals surface area contributed by atoms with Crippen molar-refractivity contribution in [1.29, 1.82) is 0 Å². The SMILES string of the molecule is CCN(C(=O)c1nn(-c2ccc(F)cc2)c(CCC(O)CC(O)CC(=O)O)c1C(C)C)c1ccc(C)cc1. The maximum atomic E-state index is 13.9. The predicted molar refractivity (Wildman–Crippen MR) is 143 cm³/mol. The van der Waals surface area contributed by atoms with Gasteiger partial charge in [0.05, 0.1) is 24.3 Å². The minimum absolute atomic E-state index is 0.0865. The van der Waals surface area contributed by atoms with Crippen LogP contribution in [-0.4, -0.2) is 55.7 Å². The van der Waals surface area contributed by atoms with Gasteiger partial charge in [-0.2, -0.15) is 5.10 Å². The lowest BCUT2D eigenvalue weighted by molar-refractivity contribution is -0.139. The summed E-state index contributed by atoms with van der Waals surface area (Å²) in [6.45, 7) is 8.22. The van der Waals surface area contributed by atoms with Gasteiger partial charge in [0, 0.05) is 23.5 Å². The van der Waals surface area contributed by atoms with E-state index in [9.17, 15) is 24.2 Å². The molecule has 2 atom stereocenters. The summed E-state index contributed by atoms with van der Waals surface area (Å²) in [5, 5.41) is 34.1. The molecule has 2 aromatic carbocycles. The van der Waals surface area contributed by atoms with Gasteiger partial charge in [0.25, 0.3) is 5.91 Å². The fourth-order valence-corrected chi connectivity index (χ4v) is 4.58. The maximum Gasteiger partial charge on any atom is 0.305 e. The number of anilines is 1. The number of nitrogens with zero attached hydrogens (tertiary/aromatic N) is 3.